The van der Waals surface area contributed by atoms with E-state index in [4.69, 9.17) is 5.73 Å². The number of amides is 1. The molecule has 0 fully saturated rings. The van der Waals surface area contributed by atoms with E-state index in [9.17, 15) is 4.79 Å². The Balaban J connectivity index is 1.72. The molecule has 0 aliphatic carbocycles. The van der Waals surface area contributed by atoms with Crippen LogP contribution < -0.4 is 16.0 Å². The molecule has 27 heavy (non-hydrogen) atoms. The smallest absolute Gasteiger partial charge is 0.216 e. The van der Waals surface area contributed by atoms with E-state index in [0.29, 0.717) is 12.4 Å². The van der Waals surface area contributed by atoms with E-state index in [1.807, 2.05) is 0 Å². The van der Waals surface area contributed by atoms with E-state index < -0.39 is 0 Å². The maximum absolute atomic E-state index is 11.1. The van der Waals surface area contributed by atoms with Gasteiger partial charge in [0, 0.05) is 51.1 Å². The maximum Gasteiger partial charge on any atom is 0.216 e. The number of aromatic nitrogens is 3. The topological polar surface area (TPSA) is 89.1 Å². The number of hydrogen-bond acceptors (Lipinski definition) is 5. The van der Waals surface area contributed by atoms with E-state index in [0.717, 1.165) is 48.1 Å². The predicted molar refractivity (Wildman–Crippen MR) is 108 cm³/mol. The van der Waals surface area contributed by atoms with E-state index in [1.165, 1.54) is 24.5 Å². The second-order valence-electron chi connectivity index (χ2n) is 7.05. The first-order chi connectivity index (χ1) is 13.0. The van der Waals surface area contributed by atoms with Gasteiger partial charge in [0.1, 0.15) is 17.8 Å². The van der Waals surface area contributed by atoms with Gasteiger partial charge in [-0.1, -0.05) is 6.07 Å². The molecule has 1 aliphatic heterocycles. The number of aryl methyl sites for hydroxylation is 1. The summed E-state index contributed by atoms with van der Waals surface area (Å²) in [4.78, 5) is 22.0. The van der Waals surface area contributed by atoms with Crippen LogP contribution in [0.5, 0.6) is 0 Å². The van der Waals surface area contributed by atoms with Crippen LogP contribution in [0.1, 0.15) is 18.9 Å². The molecule has 0 saturated carbocycles. The number of carbonyl (C=O) groups excluding carboxylic acids is 1. The number of hydrogen-bond donors (Lipinski definition) is 2. The zero-order valence-electron chi connectivity index (χ0n) is 15.7. The van der Waals surface area contributed by atoms with Crippen LogP contribution in [0, 0.1) is 0 Å². The highest BCUT2D eigenvalue weighted by Gasteiger charge is 2.19. The summed E-state index contributed by atoms with van der Waals surface area (Å²) in [7, 11) is 2.12. The van der Waals surface area contributed by atoms with Crippen molar-refractivity contribution in [2.24, 2.45) is 0 Å². The predicted octanol–water partition coefficient (Wildman–Crippen LogP) is 2.20. The quantitative estimate of drug-likeness (QED) is 0.678. The third-order valence-electron chi connectivity index (χ3n) is 5.15. The van der Waals surface area contributed by atoms with Gasteiger partial charge in [-0.15, -0.1) is 0 Å². The Morgan fingerprint density at radius 3 is 3.00 bits per heavy atom. The summed E-state index contributed by atoms with van der Waals surface area (Å²) in [6.45, 7) is 3.97. The number of nitrogens with one attached hydrogen (secondary N) is 1. The van der Waals surface area contributed by atoms with Gasteiger partial charge < -0.3 is 20.5 Å². The van der Waals surface area contributed by atoms with Crippen molar-refractivity contribution in [2.45, 2.75) is 26.3 Å². The Kier molecular flexibility index (Phi) is 4.43. The van der Waals surface area contributed by atoms with Gasteiger partial charge in [0.2, 0.25) is 5.91 Å². The Morgan fingerprint density at radius 2 is 2.19 bits per heavy atom. The molecule has 0 atom stereocenters. The molecule has 7 heteroatoms. The molecule has 0 unspecified atom stereocenters. The number of anilines is 2. The molecule has 2 aromatic heterocycles. The van der Waals surface area contributed by atoms with Crippen molar-refractivity contribution in [2.75, 3.05) is 30.8 Å². The molecule has 140 valence electrons. The van der Waals surface area contributed by atoms with Gasteiger partial charge in [0.05, 0.1) is 5.39 Å². The number of fused-ring (bicyclic) bond motifs is 2. The third-order valence-corrected chi connectivity index (χ3v) is 5.15. The van der Waals surface area contributed by atoms with Crippen molar-refractivity contribution < 1.29 is 4.79 Å². The summed E-state index contributed by atoms with van der Waals surface area (Å²) in [5, 5.41) is 3.72. The fraction of sp³-hybridized carbons (Fsp3) is 0.350. The van der Waals surface area contributed by atoms with Crippen LogP contribution in [0.2, 0.25) is 0 Å². The summed E-state index contributed by atoms with van der Waals surface area (Å²) in [6, 6.07) is 6.57. The maximum atomic E-state index is 11.1. The van der Waals surface area contributed by atoms with Crippen LogP contribution in [0.3, 0.4) is 0 Å². The van der Waals surface area contributed by atoms with Crippen molar-refractivity contribution in [1.82, 2.24) is 19.9 Å². The highest BCUT2D eigenvalue weighted by molar-refractivity contribution is 6.00. The van der Waals surface area contributed by atoms with Crippen molar-refractivity contribution >= 4 is 28.4 Å². The Hall–Kier alpha value is -3.09. The summed E-state index contributed by atoms with van der Waals surface area (Å²) in [6.07, 6.45) is 5.48. The lowest BCUT2D eigenvalue weighted by molar-refractivity contribution is -0.118. The van der Waals surface area contributed by atoms with Gasteiger partial charge in [0.25, 0.3) is 0 Å². The molecule has 1 aliphatic rings. The largest absolute Gasteiger partial charge is 0.383 e. The summed E-state index contributed by atoms with van der Waals surface area (Å²) in [5.41, 5.74) is 11.9. The number of likely N-dealkylation sites (N-methyl/N-ethyl adjacent to an activating group) is 1. The number of nitrogen functional groups attached to an aromatic ring is 1. The Labute approximate surface area is 158 Å². The Morgan fingerprint density at radius 1 is 1.33 bits per heavy atom. The first-order valence-corrected chi connectivity index (χ1v) is 9.23. The van der Waals surface area contributed by atoms with Crippen molar-refractivity contribution in [3.63, 3.8) is 0 Å². The number of benzene rings is 1. The van der Waals surface area contributed by atoms with Gasteiger partial charge in [-0.3, -0.25) is 4.79 Å². The normalized spacial score (nSPS) is 13.2. The lowest BCUT2D eigenvalue weighted by Crippen LogP contribution is -2.21. The Bertz CT molecular complexity index is 1010. The van der Waals surface area contributed by atoms with Gasteiger partial charge >= 0.3 is 0 Å². The van der Waals surface area contributed by atoms with E-state index in [1.54, 1.807) is 0 Å². The van der Waals surface area contributed by atoms with Crippen LogP contribution in [-0.4, -0.2) is 40.6 Å². The van der Waals surface area contributed by atoms with Crippen LogP contribution in [0.25, 0.3) is 22.2 Å². The first kappa shape index (κ1) is 17.3. The molecule has 0 bridgehead atoms. The minimum absolute atomic E-state index is 0.0114. The van der Waals surface area contributed by atoms with E-state index in [-0.39, 0.29) is 5.91 Å². The molecule has 3 aromatic rings. The fourth-order valence-electron chi connectivity index (χ4n) is 3.78. The second-order valence-corrected chi connectivity index (χ2v) is 7.05. The van der Waals surface area contributed by atoms with Crippen LogP contribution in [0.15, 0.2) is 30.7 Å². The molecule has 7 nitrogen and oxygen atoms in total. The molecule has 4 rings (SSSR count). The number of nitrogens with zero attached hydrogens (tertiary/aromatic N) is 4. The minimum atomic E-state index is -0.0114. The van der Waals surface area contributed by atoms with Crippen molar-refractivity contribution in [3.8, 4) is 11.1 Å². The molecule has 0 spiro atoms. The van der Waals surface area contributed by atoms with Crippen molar-refractivity contribution in [3.05, 3.63) is 36.3 Å². The summed E-state index contributed by atoms with van der Waals surface area (Å²) < 4.78 is 2.10. The lowest BCUT2D eigenvalue weighted by Gasteiger charge is -2.12. The standard InChI is InChI=1S/C20H24N6O/c1-13(27)22-7-3-8-26-11-16(18-19(21)23-12-24-20(18)26)14-4-5-17-15(10-14)6-9-25(17)2/h4-5,10-12H,3,6-9H2,1-2H3,(H,22,27)(H2,21,23,24). The lowest BCUT2D eigenvalue weighted by atomic mass is 10.0. The zero-order chi connectivity index (χ0) is 19.0. The fourth-order valence-corrected chi connectivity index (χ4v) is 3.78. The number of rotatable bonds is 5. The average molecular weight is 364 g/mol. The number of nitrogens with two attached hydrogens (primary N) is 1. The van der Waals surface area contributed by atoms with Crippen molar-refractivity contribution in [1.29, 1.82) is 0 Å². The van der Waals surface area contributed by atoms with Gasteiger partial charge in [-0.25, -0.2) is 9.97 Å². The van der Waals surface area contributed by atoms with Crippen LogP contribution in [-0.2, 0) is 17.8 Å². The molecular formula is C20H24N6O. The summed E-state index contributed by atoms with van der Waals surface area (Å²) >= 11 is 0. The molecule has 0 saturated heterocycles. The second kappa shape index (κ2) is 6.90. The first-order valence-electron chi connectivity index (χ1n) is 9.23. The molecule has 1 aromatic carbocycles. The zero-order valence-corrected chi connectivity index (χ0v) is 15.7. The van der Waals surface area contributed by atoms with E-state index >= 15 is 0 Å². The molecule has 3 N–H and O–H groups in total. The monoisotopic (exact) mass is 364 g/mol. The summed E-state index contributed by atoms with van der Waals surface area (Å²) in [5.74, 6) is 0.482. The molecule has 1 amide bonds. The van der Waals surface area contributed by atoms with Gasteiger partial charge in [0.15, 0.2) is 0 Å². The molecule has 3 heterocycles. The van der Waals surface area contributed by atoms with Gasteiger partial charge in [-0.2, -0.15) is 0 Å². The highest BCUT2D eigenvalue weighted by atomic mass is 16.1. The number of carbonyl (C=O) groups is 1. The van der Waals surface area contributed by atoms with Gasteiger partial charge in [-0.05, 0) is 36.1 Å². The van der Waals surface area contributed by atoms with Crippen LogP contribution >= 0.6 is 0 Å². The highest BCUT2D eigenvalue weighted by Crippen LogP contribution is 2.36. The van der Waals surface area contributed by atoms with Crippen LogP contribution in [0.4, 0.5) is 11.5 Å². The SMILES string of the molecule is CC(=O)NCCCn1cc(-c2ccc3c(c2)CCN3C)c2c(N)ncnc21. The van der Waals surface area contributed by atoms with E-state index in [2.05, 4.69) is 56.2 Å². The molecular weight excluding hydrogens is 340 g/mol. The average Bonchev–Trinajstić information content (AvgIpc) is 3.20. The third kappa shape index (κ3) is 3.20. The molecule has 0 radical (unpaired) electrons. The minimum Gasteiger partial charge on any atom is -0.383 e.